The van der Waals surface area contributed by atoms with Gasteiger partial charge in [0.05, 0.1) is 34.3 Å². The van der Waals surface area contributed by atoms with Crippen molar-refractivity contribution in [1.82, 2.24) is 14.7 Å². The average Bonchev–Trinajstić information content (AvgIpc) is 3.38. The second-order valence-electron chi connectivity index (χ2n) is 6.52. The van der Waals surface area contributed by atoms with Crippen molar-refractivity contribution in [2.75, 3.05) is 20.3 Å². The van der Waals surface area contributed by atoms with E-state index in [0.717, 1.165) is 4.88 Å². The van der Waals surface area contributed by atoms with Crippen LogP contribution in [0.15, 0.2) is 42.6 Å². The molecule has 12 heteroatoms. The van der Waals surface area contributed by atoms with E-state index >= 15 is 0 Å². The Labute approximate surface area is 192 Å². The van der Waals surface area contributed by atoms with Crippen LogP contribution in [0.5, 0.6) is 5.75 Å². The molecule has 0 aliphatic carbocycles. The van der Waals surface area contributed by atoms with Crippen molar-refractivity contribution in [2.45, 2.75) is 13.5 Å². The second-order valence-corrected chi connectivity index (χ2v) is 8.32. The number of hydrogen-bond donors (Lipinski definition) is 0. The summed E-state index contributed by atoms with van der Waals surface area (Å²) in [5, 5.41) is 15.0. The van der Waals surface area contributed by atoms with Crippen LogP contribution in [0.1, 0.15) is 22.3 Å². The molecule has 0 atom stereocenters. The van der Waals surface area contributed by atoms with Crippen LogP contribution in [0.25, 0.3) is 5.69 Å². The van der Waals surface area contributed by atoms with Gasteiger partial charge in [0.15, 0.2) is 12.4 Å². The van der Waals surface area contributed by atoms with Gasteiger partial charge in [0.2, 0.25) is 5.69 Å². The van der Waals surface area contributed by atoms with Gasteiger partial charge in [0, 0.05) is 24.1 Å². The number of aromatic nitrogens is 2. The highest BCUT2D eigenvalue weighted by molar-refractivity contribution is 7.16. The van der Waals surface area contributed by atoms with Crippen molar-refractivity contribution in [3.63, 3.8) is 0 Å². The molecule has 1 aromatic carbocycles. The Hall–Kier alpha value is -3.44. The maximum Gasteiger partial charge on any atom is 0.362 e. The van der Waals surface area contributed by atoms with Gasteiger partial charge in [0.25, 0.3) is 11.6 Å². The minimum atomic E-state index is -0.711. The summed E-state index contributed by atoms with van der Waals surface area (Å²) < 4.78 is 12.6. The molecule has 2 aromatic heterocycles. The molecule has 0 spiro atoms. The zero-order valence-electron chi connectivity index (χ0n) is 17.2. The molecule has 3 rings (SSSR count). The molecule has 10 nitrogen and oxygen atoms in total. The number of halogens is 1. The first-order valence-corrected chi connectivity index (χ1v) is 10.6. The monoisotopic (exact) mass is 478 g/mol. The van der Waals surface area contributed by atoms with Crippen LogP contribution in [0.2, 0.25) is 4.34 Å². The molecule has 2 heterocycles. The fourth-order valence-electron chi connectivity index (χ4n) is 2.67. The highest BCUT2D eigenvalue weighted by Gasteiger charge is 2.22. The SMILES string of the molecule is CCOC(=O)c1nn(-c2ccc([N+](=O)[O-])cc2)cc1OCC(=O)N(C)Cc1ccc(Cl)s1. The minimum absolute atomic E-state index is 0.0581. The highest BCUT2D eigenvalue weighted by atomic mass is 35.5. The van der Waals surface area contributed by atoms with Gasteiger partial charge in [-0.25, -0.2) is 9.48 Å². The van der Waals surface area contributed by atoms with Gasteiger partial charge in [-0.05, 0) is 31.2 Å². The number of rotatable bonds is 9. The molecule has 0 fully saturated rings. The molecule has 0 saturated carbocycles. The third kappa shape index (κ3) is 5.62. The van der Waals surface area contributed by atoms with Gasteiger partial charge in [-0.3, -0.25) is 14.9 Å². The number of carbonyl (C=O) groups excluding carboxylic acids is 2. The summed E-state index contributed by atoms with van der Waals surface area (Å²) in [7, 11) is 1.63. The normalized spacial score (nSPS) is 10.6. The summed E-state index contributed by atoms with van der Waals surface area (Å²) in [5.41, 5.74) is 0.281. The van der Waals surface area contributed by atoms with E-state index in [9.17, 15) is 19.7 Å². The lowest BCUT2D eigenvalue weighted by atomic mass is 10.3. The van der Waals surface area contributed by atoms with E-state index in [-0.39, 0.29) is 36.3 Å². The standard InChI is InChI=1S/C20H19ClN4O6S/c1-3-30-20(27)19-16(11-24(22-19)13-4-6-14(7-5-13)25(28)29)31-12-18(26)23(2)10-15-8-9-17(21)32-15/h4-9,11H,3,10,12H2,1-2H3. The molecule has 0 bridgehead atoms. The van der Waals surface area contributed by atoms with Crippen LogP contribution in [0.4, 0.5) is 5.69 Å². The van der Waals surface area contributed by atoms with Crippen molar-refractivity contribution < 1.29 is 24.0 Å². The number of nitrogens with zero attached hydrogens (tertiary/aromatic N) is 4. The lowest BCUT2D eigenvalue weighted by Crippen LogP contribution is -2.30. The van der Waals surface area contributed by atoms with Crippen LogP contribution < -0.4 is 4.74 Å². The topological polar surface area (TPSA) is 117 Å². The second kappa shape index (κ2) is 10.2. The number of ether oxygens (including phenoxy) is 2. The van der Waals surface area contributed by atoms with Crippen LogP contribution in [0, 0.1) is 10.1 Å². The Morgan fingerprint density at radius 2 is 1.97 bits per heavy atom. The fourth-order valence-corrected chi connectivity index (χ4v) is 3.81. The molecule has 0 unspecified atom stereocenters. The van der Waals surface area contributed by atoms with E-state index in [2.05, 4.69) is 5.10 Å². The highest BCUT2D eigenvalue weighted by Crippen LogP contribution is 2.24. The predicted molar refractivity (Wildman–Crippen MR) is 117 cm³/mol. The molecule has 32 heavy (non-hydrogen) atoms. The lowest BCUT2D eigenvalue weighted by molar-refractivity contribution is -0.384. The van der Waals surface area contributed by atoms with Crippen LogP contribution in [-0.4, -0.2) is 51.7 Å². The van der Waals surface area contributed by atoms with Crippen LogP contribution in [-0.2, 0) is 16.1 Å². The van der Waals surface area contributed by atoms with Crippen LogP contribution >= 0.6 is 22.9 Å². The Morgan fingerprint density at radius 3 is 2.56 bits per heavy atom. The first kappa shape index (κ1) is 23.2. The predicted octanol–water partition coefficient (Wildman–Crippen LogP) is 3.71. The number of nitro groups is 1. The van der Waals surface area contributed by atoms with Crippen molar-refractivity contribution in [2.24, 2.45) is 0 Å². The molecule has 0 aliphatic heterocycles. The molecular formula is C20H19ClN4O6S. The van der Waals surface area contributed by atoms with E-state index < -0.39 is 10.9 Å². The van der Waals surface area contributed by atoms with E-state index in [4.69, 9.17) is 21.1 Å². The van der Waals surface area contributed by atoms with E-state index in [1.165, 1.54) is 51.4 Å². The van der Waals surface area contributed by atoms with Crippen molar-refractivity contribution >= 4 is 40.5 Å². The van der Waals surface area contributed by atoms with Gasteiger partial charge in [-0.1, -0.05) is 11.6 Å². The van der Waals surface area contributed by atoms with E-state index in [0.29, 0.717) is 16.6 Å². The third-order valence-electron chi connectivity index (χ3n) is 4.27. The molecular weight excluding hydrogens is 460 g/mol. The zero-order chi connectivity index (χ0) is 23.3. The largest absolute Gasteiger partial charge is 0.480 e. The summed E-state index contributed by atoms with van der Waals surface area (Å²) in [6, 6.07) is 9.19. The first-order valence-electron chi connectivity index (χ1n) is 9.41. The smallest absolute Gasteiger partial charge is 0.362 e. The van der Waals surface area contributed by atoms with E-state index in [1.807, 2.05) is 6.07 Å². The van der Waals surface area contributed by atoms with Gasteiger partial charge >= 0.3 is 5.97 Å². The summed E-state index contributed by atoms with van der Waals surface area (Å²) in [6.07, 6.45) is 1.42. The molecule has 1 amide bonds. The fraction of sp³-hybridized carbons (Fsp3) is 0.250. The molecule has 0 aliphatic rings. The van der Waals surface area contributed by atoms with Gasteiger partial charge in [-0.15, -0.1) is 11.3 Å². The van der Waals surface area contributed by atoms with E-state index in [1.54, 1.807) is 20.0 Å². The number of likely N-dealkylation sites (N-methyl/N-ethyl adjacent to an activating group) is 1. The lowest BCUT2D eigenvalue weighted by Gasteiger charge is -2.16. The first-order chi connectivity index (χ1) is 15.3. The van der Waals surface area contributed by atoms with Gasteiger partial charge in [0.1, 0.15) is 0 Å². The van der Waals surface area contributed by atoms with Crippen molar-refractivity contribution in [1.29, 1.82) is 0 Å². The number of non-ortho nitro benzene ring substituents is 1. The maximum absolute atomic E-state index is 12.5. The Morgan fingerprint density at radius 1 is 1.25 bits per heavy atom. The Balaban J connectivity index is 1.75. The van der Waals surface area contributed by atoms with Crippen LogP contribution in [0.3, 0.4) is 0 Å². The quantitative estimate of drug-likeness (QED) is 0.261. The number of thiophene rings is 1. The molecule has 0 saturated heterocycles. The Bertz CT molecular complexity index is 1130. The summed E-state index contributed by atoms with van der Waals surface area (Å²) in [4.78, 5) is 37.5. The summed E-state index contributed by atoms with van der Waals surface area (Å²) in [6.45, 7) is 1.83. The number of benzene rings is 1. The number of carbonyl (C=O) groups is 2. The minimum Gasteiger partial charge on any atom is -0.480 e. The van der Waals surface area contributed by atoms with Crippen molar-refractivity contribution in [3.05, 3.63) is 67.6 Å². The molecule has 0 N–H and O–H groups in total. The third-order valence-corrected chi connectivity index (χ3v) is 5.49. The number of nitro benzene ring substituents is 1. The summed E-state index contributed by atoms with van der Waals surface area (Å²) >= 11 is 7.30. The Kier molecular flexibility index (Phi) is 7.44. The maximum atomic E-state index is 12.5. The zero-order valence-corrected chi connectivity index (χ0v) is 18.8. The molecule has 3 aromatic rings. The van der Waals surface area contributed by atoms with Gasteiger partial charge in [-0.2, -0.15) is 5.10 Å². The number of amides is 1. The summed E-state index contributed by atoms with van der Waals surface area (Å²) in [5.74, 6) is -0.965. The number of hydrogen-bond acceptors (Lipinski definition) is 8. The van der Waals surface area contributed by atoms with Gasteiger partial charge < -0.3 is 14.4 Å². The molecule has 0 radical (unpaired) electrons. The number of esters is 1. The average molecular weight is 479 g/mol. The van der Waals surface area contributed by atoms with Crippen molar-refractivity contribution in [3.8, 4) is 11.4 Å². The molecule has 168 valence electrons.